The Morgan fingerprint density at radius 2 is 1.69 bits per heavy atom. The van der Waals surface area contributed by atoms with E-state index < -0.39 is 35.7 Å². The van der Waals surface area contributed by atoms with Crippen molar-refractivity contribution in [3.05, 3.63) is 76.5 Å². The molecule has 13 heteroatoms. The maximum atomic E-state index is 14.4. The third kappa shape index (κ3) is 6.78. The van der Waals surface area contributed by atoms with Gasteiger partial charge in [-0.3, -0.25) is 4.90 Å². The third-order valence-electron chi connectivity index (χ3n) is 9.02. The molecule has 5 rings (SSSR count). The molecule has 4 amide bonds. The summed E-state index contributed by atoms with van der Waals surface area (Å²) in [4.78, 5) is 45.0. The Labute approximate surface area is 267 Å². The number of urea groups is 2. The molecule has 1 saturated heterocycles. The molecule has 45 heavy (non-hydrogen) atoms. The molecule has 0 aromatic heterocycles. The number of methoxy groups -OCH3 is 3. The van der Waals surface area contributed by atoms with E-state index >= 15 is 0 Å². The van der Waals surface area contributed by atoms with Gasteiger partial charge >= 0.3 is 18.0 Å². The Kier molecular flexibility index (Phi) is 11.1. The zero-order valence-electron chi connectivity index (χ0n) is 25.8. The summed E-state index contributed by atoms with van der Waals surface area (Å²) in [5.74, 6) is -1.76. The Morgan fingerprint density at radius 3 is 2.31 bits per heavy atom. The lowest BCUT2D eigenvalue weighted by Gasteiger charge is -2.50. The highest BCUT2D eigenvalue weighted by atomic mass is 35.5. The van der Waals surface area contributed by atoms with Crippen LogP contribution in [0, 0.1) is 11.6 Å². The number of para-hydroxylation sites is 1. The number of esters is 1. The second-order valence-corrected chi connectivity index (χ2v) is 11.4. The number of likely N-dealkylation sites (N-methyl/N-ethyl adjacent to an activating group) is 1. The fourth-order valence-electron chi connectivity index (χ4n) is 6.58. The fraction of sp³-hybridized carbons (Fsp3) is 0.469. The van der Waals surface area contributed by atoms with Crippen LogP contribution in [0.5, 0.6) is 5.75 Å². The van der Waals surface area contributed by atoms with Gasteiger partial charge in [0.25, 0.3) is 0 Å². The van der Waals surface area contributed by atoms with Crippen LogP contribution >= 0.6 is 12.4 Å². The molecule has 2 aliphatic heterocycles. The summed E-state index contributed by atoms with van der Waals surface area (Å²) >= 11 is 0. The summed E-state index contributed by atoms with van der Waals surface area (Å²) in [6.45, 7) is 1.09. The minimum Gasteiger partial charge on any atom is -0.496 e. The highest BCUT2D eigenvalue weighted by Gasteiger charge is 2.46. The molecule has 244 valence electrons. The van der Waals surface area contributed by atoms with Crippen molar-refractivity contribution in [2.24, 2.45) is 0 Å². The number of imide groups is 1. The molecule has 1 saturated carbocycles. The van der Waals surface area contributed by atoms with Gasteiger partial charge in [0.15, 0.2) is 11.6 Å². The monoisotopic (exact) mass is 648 g/mol. The number of rotatable bonds is 8. The molecule has 3 aliphatic rings. The second-order valence-electron chi connectivity index (χ2n) is 11.4. The maximum Gasteiger partial charge on any atom is 0.338 e. The zero-order chi connectivity index (χ0) is 31.5. The number of nitrogens with one attached hydrogen (secondary N) is 1. The van der Waals surface area contributed by atoms with Crippen LogP contribution < -0.4 is 10.1 Å². The molecule has 2 fully saturated rings. The molecule has 2 aromatic rings. The summed E-state index contributed by atoms with van der Waals surface area (Å²) in [6, 6.07) is 8.49. The van der Waals surface area contributed by atoms with E-state index in [0.29, 0.717) is 25.0 Å². The minimum atomic E-state index is -1.37. The van der Waals surface area contributed by atoms with Gasteiger partial charge in [0.1, 0.15) is 11.8 Å². The van der Waals surface area contributed by atoms with Gasteiger partial charge in [-0.2, -0.15) is 0 Å². The van der Waals surface area contributed by atoms with Gasteiger partial charge in [0, 0.05) is 33.3 Å². The van der Waals surface area contributed by atoms with Crippen molar-refractivity contribution >= 4 is 30.4 Å². The first kappa shape index (κ1) is 34.1. The molecular weight excluding hydrogens is 610 g/mol. The number of nitrogens with zero attached hydrogens (tertiary/aromatic N) is 3. The van der Waals surface area contributed by atoms with Crippen molar-refractivity contribution in [3.63, 3.8) is 0 Å². The van der Waals surface area contributed by atoms with Crippen molar-refractivity contribution < 1.29 is 37.4 Å². The van der Waals surface area contributed by atoms with E-state index in [-0.39, 0.29) is 41.9 Å². The predicted octanol–water partition coefficient (Wildman–Crippen LogP) is 5.00. The molecule has 2 aromatic carbocycles. The molecule has 1 aliphatic carbocycles. The van der Waals surface area contributed by atoms with Crippen LogP contribution in [0.2, 0.25) is 0 Å². The summed E-state index contributed by atoms with van der Waals surface area (Å²) in [6.07, 6.45) is 4.12. The Hall–Kier alpha value is -3.74. The van der Waals surface area contributed by atoms with Crippen LogP contribution in [-0.4, -0.2) is 92.9 Å². The lowest BCUT2D eigenvalue weighted by Crippen LogP contribution is -2.65. The molecule has 0 unspecified atom stereocenters. The van der Waals surface area contributed by atoms with E-state index in [4.69, 9.17) is 14.2 Å². The second kappa shape index (κ2) is 14.6. The first-order chi connectivity index (χ1) is 21.2. The minimum absolute atomic E-state index is 0. The Balaban J connectivity index is 0.00000461. The zero-order valence-corrected chi connectivity index (χ0v) is 26.6. The Bertz CT molecular complexity index is 1440. The topological polar surface area (TPSA) is 101 Å². The number of hydrogen-bond acceptors (Lipinski definition) is 7. The summed E-state index contributed by atoms with van der Waals surface area (Å²) in [5.41, 5.74) is 1.24. The average molecular weight is 649 g/mol. The lowest BCUT2D eigenvalue weighted by atomic mass is 9.80. The molecule has 10 nitrogen and oxygen atoms in total. The highest BCUT2D eigenvalue weighted by Crippen LogP contribution is 2.40. The van der Waals surface area contributed by atoms with Crippen molar-refractivity contribution in [1.82, 2.24) is 20.0 Å². The molecule has 0 bridgehead atoms. The van der Waals surface area contributed by atoms with Crippen molar-refractivity contribution in [2.45, 2.75) is 49.7 Å². The predicted molar refractivity (Wildman–Crippen MR) is 164 cm³/mol. The maximum absolute atomic E-state index is 14.4. The van der Waals surface area contributed by atoms with Gasteiger partial charge in [0.05, 0.1) is 38.1 Å². The van der Waals surface area contributed by atoms with Crippen molar-refractivity contribution in [2.75, 3.05) is 48.1 Å². The first-order valence-electron chi connectivity index (χ1n) is 14.7. The van der Waals surface area contributed by atoms with Crippen LogP contribution in [0.1, 0.15) is 48.8 Å². The van der Waals surface area contributed by atoms with Crippen LogP contribution in [0.25, 0.3) is 0 Å². The van der Waals surface area contributed by atoms with E-state index in [1.807, 2.05) is 18.2 Å². The number of carbonyl (C=O) groups excluding carboxylic acids is 3. The normalized spacial score (nSPS) is 22.2. The van der Waals surface area contributed by atoms with E-state index in [1.165, 1.54) is 23.6 Å². The average Bonchev–Trinajstić information content (AvgIpc) is 3.01. The van der Waals surface area contributed by atoms with E-state index in [0.717, 1.165) is 55.6 Å². The van der Waals surface area contributed by atoms with Gasteiger partial charge < -0.3 is 24.4 Å². The molecule has 1 N–H and O–H groups in total. The van der Waals surface area contributed by atoms with Crippen molar-refractivity contribution in [1.29, 1.82) is 0 Å². The number of halogens is 3. The van der Waals surface area contributed by atoms with Crippen LogP contribution in [0.15, 0.2) is 53.7 Å². The molecule has 2 heterocycles. The lowest BCUT2D eigenvalue weighted by molar-refractivity contribution is -0.137. The van der Waals surface area contributed by atoms with Gasteiger partial charge in [-0.25, -0.2) is 28.1 Å². The molecular formula is C32H39ClF2N4O6. The summed E-state index contributed by atoms with van der Waals surface area (Å²) < 4.78 is 43.9. The smallest absolute Gasteiger partial charge is 0.338 e. The Morgan fingerprint density at radius 1 is 1.00 bits per heavy atom. The van der Waals surface area contributed by atoms with Crippen LogP contribution in [-0.2, 0) is 14.3 Å². The number of benzene rings is 2. The van der Waals surface area contributed by atoms with Gasteiger partial charge in [0.2, 0.25) is 0 Å². The number of amides is 4. The number of likely N-dealkylation sites (tertiary alicyclic amines) is 1. The highest BCUT2D eigenvalue weighted by molar-refractivity contribution is 6.01. The van der Waals surface area contributed by atoms with Crippen LogP contribution in [0.3, 0.4) is 0 Å². The number of ether oxygens (including phenoxy) is 3. The van der Waals surface area contributed by atoms with E-state index in [9.17, 15) is 23.2 Å². The van der Waals surface area contributed by atoms with E-state index in [2.05, 4.69) is 16.3 Å². The molecule has 0 spiro atoms. The van der Waals surface area contributed by atoms with Crippen LogP contribution in [0.4, 0.5) is 18.4 Å². The SMILES string of the molecule is COCC1=C(C(=O)OC)[C@H](c2ccc(F)c(F)c2)N(C(=O)N(C)C2CN(C3CCC(c4ccccc4OC)CC3)C2)C(=O)N1.Cl. The standard InChI is InChI=1S/C32H38F2N4O6.ClH/c1-36(22-16-37(17-22)21-12-9-19(10-13-21)23-7-5-6-8-27(23)43-3)32(41)38-29(20-11-14-24(33)25(34)15-20)28(30(39)44-4)26(18-42-2)35-31(38)40;/h5-8,11,14-15,19,21-22,29H,9-10,12-13,16-18H2,1-4H3,(H,35,40);1H/t19?,21?,29-;/m0./s1. The molecule has 1 atom stereocenters. The van der Waals surface area contributed by atoms with Gasteiger partial charge in [-0.1, -0.05) is 24.3 Å². The number of hydrogen-bond donors (Lipinski definition) is 1. The number of carbonyl (C=O) groups is 3. The summed E-state index contributed by atoms with van der Waals surface area (Å²) in [5, 5.41) is 2.56. The van der Waals surface area contributed by atoms with Crippen molar-refractivity contribution in [3.8, 4) is 5.75 Å². The fourth-order valence-corrected chi connectivity index (χ4v) is 6.58. The molecule has 0 radical (unpaired) electrons. The summed E-state index contributed by atoms with van der Waals surface area (Å²) in [7, 11) is 5.83. The van der Waals surface area contributed by atoms with Gasteiger partial charge in [-0.15, -0.1) is 12.4 Å². The van der Waals surface area contributed by atoms with Gasteiger partial charge in [-0.05, 0) is 60.9 Å². The van der Waals surface area contributed by atoms with E-state index in [1.54, 1.807) is 14.2 Å². The largest absolute Gasteiger partial charge is 0.496 e. The quantitative estimate of drug-likeness (QED) is 0.402. The third-order valence-corrected chi connectivity index (χ3v) is 9.02. The first-order valence-corrected chi connectivity index (χ1v) is 14.7.